The van der Waals surface area contributed by atoms with E-state index in [1.807, 2.05) is 0 Å². The maximum absolute atomic E-state index is 12.5. The number of halogens is 1. The van der Waals surface area contributed by atoms with E-state index in [1.165, 1.54) is 6.20 Å². The highest BCUT2D eigenvalue weighted by Crippen LogP contribution is 2.30. The molecule has 0 unspecified atom stereocenters. The van der Waals surface area contributed by atoms with Gasteiger partial charge in [-0.15, -0.1) is 0 Å². The number of amides is 2. The number of benzene rings is 2. The minimum atomic E-state index is -0.566. The number of anilines is 1. The van der Waals surface area contributed by atoms with Crippen LogP contribution in [0.1, 0.15) is 26.4 Å². The van der Waals surface area contributed by atoms with Crippen LogP contribution >= 0.6 is 27.7 Å². The molecule has 0 radical (unpaired) electrons. The van der Waals surface area contributed by atoms with Gasteiger partial charge in [-0.05, 0) is 34.1 Å². The van der Waals surface area contributed by atoms with E-state index in [1.54, 1.807) is 42.5 Å². The van der Waals surface area contributed by atoms with Crippen molar-refractivity contribution in [2.75, 3.05) is 5.73 Å². The van der Waals surface area contributed by atoms with E-state index in [2.05, 4.69) is 31.2 Å². The molecule has 148 valence electrons. The third kappa shape index (κ3) is 4.84. The molecule has 2 aromatic carbocycles. The predicted molar refractivity (Wildman–Crippen MR) is 113 cm³/mol. The zero-order valence-electron chi connectivity index (χ0n) is 14.9. The molecule has 0 bridgehead atoms. The predicted octanol–water partition coefficient (Wildman–Crippen LogP) is 2.71. The Labute approximate surface area is 178 Å². The number of hydrogen-bond donors (Lipinski definition) is 4. The van der Waals surface area contributed by atoms with E-state index in [9.17, 15) is 14.7 Å². The van der Waals surface area contributed by atoms with Crippen LogP contribution in [0.4, 0.5) is 5.82 Å². The third-order valence-corrected chi connectivity index (χ3v) is 5.49. The molecule has 0 saturated carbocycles. The van der Waals surface area contributed by atoms with Crippen molar-refractivity contribution < 1.29 is 14.7 Å². The number of carbonyl (C=O) groups is 2. The summed E-state index contributed by atoms with van der Waals surface area (Å²) in [6.45, 7) is 0.0765. The molecule has 1 aromatic heterocycles. The lowest BCUT2D eigenvalue weighted by Crippen LogP contribution is -2.25. The fraction of sp³-hybridized carbons (Fsp3) is 0.0526. The molecule has 29 heavy (non-hydrogen) atoms. The molecule has 0 fully saturated rings. The van der Waals surface area contributed by atoms with E-state index in [0.717, 1.165) is 11.8 Å². The molecule has 0 atom stereocenters. The topological polar surface area (TPSA) is 144 Å². The van der Waals surface area contributed by atoms with Crippen molar-refractivity contribution in [3.8, 4) is 5.75 Å². The number of carbonyl (C=O) groups excluding carboxylic acids is 2. The zero-order valence-corrected chi connectivity index (χ0v) is 17.3. The average molecular weight is 474 g/mol. The first-order valence-corrected chi connectivity index (χ1v) is 9.91. The first-order chi connectivity index (χ1) is 13.9. The molecule has 1 heterocycles. The van der Waals surface area contributed by atoms with Crippen LogP contribution in [0, 0.1) is 0 Å². The van der Waals surface area contributed by atoms with Gasteiger partial charge in [0.1, 0.15) is 10.8 Å². The Kier molecular flexibility index (Phi) is 6.35. The fourth-order valence-electron chi connectivity index (χ4n) is 2.43. The van der Waals surface area contributed by atoms with Crippen LogP contribution in [-0.4, -0.2) is 26.9 Å². The molecule has 3 rings (SSSR count). The summed E-state index contributed by atoms with van der Waals surface area (Å²) in [6, 6.07) is 11.9. The Bertz CT molecular complexity index is 1090. The van der Waals surface area contributed by atoms with Gasteiger partial charge >= 0.3 is 0 Å². The van der Waals surface area contributed by atoms with Gasteiger partial charge in [0.25, 0.3) is 5.91 Å². The third-order valence-electron chi connectivity index (χ3n) is 3.87. The van der Waals surface area contributed by atoms with Gasteiger partial charge in [-0.1, -0.05) is 36.0 Å². The molecular weight excluding hydrogens is 458 g/mol. The second-order valence-electron chi connectivity index (χ2n) is 5.83. The molecule has 2 amide bonds. The number of rotatable bonds is 6. The maximum Gasteiger partial charge on any atom is 0.274 e. The highest BCUT2D eigenvalue weighted by molar-refractivity contribution is 9.10. The summed E-state index contributed by atoms with van der Waals surface area (Å²) in [5.74, 6) is -1.10. The number of nitrogen functional groups attached to an aromatic ring is 1. The smallest absolute Gasteiger partial charge is 0.274 e. The van der Waals surface area contributed by atoms with Crippen molar-refractivity contribution in [2.45, 2.75) is 16.5 Å². The quantitative estimate of drug-likeness (QED) is 0.430. The summed E-state index contributed by atoms with van der Waals surface area (Å²) >= 11 is 4.37. The van der Waals surface area contributed by atoms with Crippen molar-refractivity contribution in [3.05, 3.63) is 70.0 Å². The molecule has 6 N–H and O–H groups in total. The van der Waals surface area contributed by atoms with Gasteiger partial charge in [0, 0.05) is 17.0 Å². The van der Waals surface area contributed by atoms with Crippen LogP contribution in [0.2, 0.25) is 0 Å². The Morgan fingerprint density at radius 2 is 1.93 bits per heavy atom. The number of phenols is 1. The highest BCUT2D eigenvalue weighted by atomic mass is 79.9. The molecule has 0 saturated heterocycles. The second kappa shape index (κ2) is 8.93. The van der Waals surface area contributed by atoms with Gasteiger partial charge in [0.05, 0.1) is 16.2 Å². The largest absolute Gasteiger partial charge is 0.506 e. The molecule has 0 aliphatic carbocycles. The number of primary amides is 1. The van der Waals surface area contributed by atoms with Gasteiger partial charge < -0.3 is 21.9 Å². The normalized spacial score (nSPS) is 10.5. The first kappa shape index (κ1) is 20.6. The summed E-state index contributed by atoms with van der Waals surface area (Å²) < 4.78 is 0.523. The highest BCUT2D eigenvalue weighted by Gasteiger charge is 2.17. The number of nitrogens with one attached hydrogen (secondary N) is 1. The number of aromatic hydroxyl groups is 1. The SMILES string of the molecule is NC(=O)c1ccccc1Sc1cnc(N)c(C(=O)NCc2cccc(Br)c2O)n1. The van der Waals surface area contributed by atoms with Gasteiger partial charge in [-0.3, -0.25) is 9.59 Å². The van der Waals surface area contributed by atoms with Gasteiger partial charge in [0.2, 0.25) is 5.91 Å². The van der Waals surface area contributed by atoms with Crippen molar-refractivity contribution in [2.24, 2.45) is 5.73 Å². The number of para-hydroxylation sites is 1. The zero-order chi connectivity index (χ0) is 21.0. The summed E-state index contributed by atoms with van der Waals surface area (Å²) in [7, 11) is 0. The van der Waals surface area contributed by atoms with Crippen LogP contribution in [0.25, 0.3) is 0 Å². The van der Waals surface area contributed by atoms with Crippen molar-refractivity contribution in [3.63, 3.8) is 0 Å². The van der Waals surface area contributed by atoms with Crippen LogP contribution in [-0.2, 0) is 6.54 Å². The molecule has 3 aromatic rings. The molecule has 0 aliphatic rings. The van der Waals surface area contributed by atoms with Crippen LogP contribution in [0.5, 0.6) is 5.75 Å². The monoisotopic (exact) mass is 473 g/mol. The minimum Gasteiger partial charge on any atom is -0.506 e. The number of aromatic nitrogens is 2. The van der Waals surface area contributed by atoms with Crippen LogP contribution < -0.4 is 16.8 Å². The number of phenolic OH excluding ortho intramolecular Hbond substituents is 1. The lowest BCUT2D eigenvalue weighted by atomic mass is 10.2. The number of nitrogens with zero attached hydrogens (tertiary/aromatic N) is 2. The molecular formula is C19H16BrN5O3S. The lowest BCUT2D eigenvalue weighted by molar-refractivity contribution is 0.0944. The summed E-state index contributed by atoms with van der Waals surface area (Å²) in [4.78, 5) is 33.0. The van der Waals surface area contributed by atoms with Crippen molar-refractivity contribution >= 4 is 45.3 Å². The molecule has 0 aliphatic heterocycles. The second-order valence-corrected chi connectivity index (χ2v) is 7.75. The maximum atomic E-state index is 12.5. The fourth-order valence-corrected chi connectivity index (χ4v) is 3.73. The average Bonchev–Trinajstić information content (AvgIpc) is 2.70. The van der Waals surface area contributed by atoms with Crippen LogP contribution in [0.15, 0.2) is 63.1 Å². The van der Waals surface area contributed by atoms with E-state index in [0.29, 0.717) is 25.5 Å². The van der Waals surface area contributed by atoms with Gasteiger partial charge in [-0.2, -0.15) is 0 Å². The van der Waals surface area contributed by atoms with E-state index in [4.69, 9.17) is 11.5 Å². The number of hydrogen-bond acceptors (Lipinski definition) is 7. The molecule has 8 nitrogen and oxygen atoms in total. The van der Waals surface area contributed by atoms with E-state index < -0.39 is 11.8 Å². The minimum absolute atomic E-state index is 0.0338. The number of nitrogens with two attached hydrogens (primary N) is 2. The Morgan fingerprint density at radius 1 is 1.17 bits per heavy atom. The Balaban J connectivity index is 1.79. The van der Waals surface area contributed by atoms with E-state index >= 15 is 0 Å². The lowest BCUT2D eigenvalue weighted by Gasteiger charge is -2.10. The van der Waals surface area contributed by atoms with E-state index in [-0.39, 0.29) is 23.8 Å². The van der Waals surface area contributed by atoms with Gasteiger partial charge in [-0.25, -0.2) is 9.97 Å². The van der Waals surface area contributed by atoms with Crippen LogP contribution in [0.3, 0.4) is 0 Å². The summed E-state index contributed by atoms with van der Waals surface area (Å²) in [6.07, 6.45) is 1.41. The van der Waals surface area contributed by atoms with Crippen molar-refractivity contribution in [1.29, 1.82) is 0 Å². The molecule has 0 spiro atoms. The van der Waals surface area contributed by atoms with Gasteiger partial charge in [0.15, 0.2) is 11.5 Å². The summed E-state index contributed by atoms with van der Waals surface area (Å²) in [5, 5.41) is 13.1. The first-order valence-electron chi connectivity index (χ1n) is 8.30. The molecule has 10 heteroatoms. The van der Waals surface area contributed by atoms with Crippen molar-refractivity contribution in [1.82, 2.24) is 15.3 Å². The standard InChI is InChI=1S/C19H16BrN5O3S/c20-12-6-3-4-10(16(12)26)8-24-19(28)15-17(21)23-9-14(25-15)29-13-7-2-1-5-11(13)18(22)27/h1-7,9,26H,8H2,(H2,21,23)(H2,22,27)(H,24,28). The Hall–Kier alpha value is -3.11. The summed E-state index contributed by atoms with van der Waals surface area (Å²) in [5.41, 5.74) is 12.0. The Morgan fingerprint density at radius 3 is 2.69 bits per heavy atom.